The number of aromatic nitrogens is 1. The molecule has 118 valence electrons. The maximum atomic E-state index is 12.9. The number of rotatable bonds is 4. The Morgan fingerprint density at radius 2 is 2.09 bits per heavy atom. The van der Waals surface area contributed by atoms with Crippen LogP contribution in [0.2, 0.25) is 0 Å². The first-order chi connectivity index (χ1) is 10.5. The van der Waals surface area contributed by atoms with Crippen LogP contribution in [0.25, 0.3) is 0 Å². The van der Waals surface area contributed by atoms with E-state index in [1.807, 2.05) is 13.0 Å². The quantitative estimate of drug-likeness (QED) is 0.808. The average molecular weight is 385 g/mol. The predicted octanol–water partition coefficient (Wildman–Crippen LogP) is 3.53. The van der Waals surface area contributed by atoms with Crippen LogP contribution in [0, 0.1) is 0 Å². The van der Waals surface area contributed by atoms with E-state index in [9.17, 15) is 8.42 Å². The van der Waals surface area contributed by atoms with Crippen LogP contribution in [-0.4, -0.2) is 24.4 Å². The molecular weight excluding hydrogens is 368 g/mol. The fourth-order valence-electron chi connectivity index (χ4n) is 2.71. The summed E-state index contributed by atoms with van der Waals surface area (Å²) in [7, 11) is -3.53. The summed E-state index contributed by atoms with van der Waals surface area (Å²) in [6.07, 6.45) is 2.35. The second-order valence-corrected chi connectivity index (χ2v) is 8.11. The molecule has 1 aliphatic rings. The fraction of sp³-hybridized carbons (Fsp3) is 0.400. The maximum absolute atomic E-state index is 12.9. The van der Waals surface area contributed by atoms with E-state index in [1.54, 1.807) is 24.3 Å². The molecule has 0 spiro atoms. The van der Waals surface area contributed by atoms with Crippen molar-refractivity contribution in [1.82, 2.24) is 9.46 Å². The Balaban J connectivity index is 1.93. The highest BCUT2D eigenvalue weighted by molar-refractivity contribution is 9.10. The summed E-state index contributed by atoms with van der Waals surface area (Å²) in [6, 6.07) is 8.31. The first-order valence-electron chi connectivity index (χ1n) is 7.25. The Morgan fingerprint density at radius 1 is 1.36 bits per heavy atom. The zero-order chi connectivity index (χ0) is 15.7. The van der Waals surface area contributed by atoms with Gasteiger partial charge in [0.1, 0.15) is 0 Å². The van der Waals surface area contributed by atoms with Gasteiger partial charge < -0.3 is 4.52 Å². The fourth-order valence-corrected chi connectivity index (χ4v) is 4.63. The summed E-state index contributed by atoms with van der Waals surface area (Å²) in [5.74, 6) is 0.634. The van der Waals surface area contributed by atoms with E-state index in [1.165, 1.54) is 4.31 Å². The van der Waals surface area contributed by atoms with Gasteiger partial charge in [0.05, 0.1) is 16.6 Å². The van der Waals surface area contributed by atoms with E-state index in [2.05, 4.69) is 21.1 Å². The van der Waals surface area contributed by atoms with Crippen molar-refractivity contribution in [3.8, 4) is 0 Å². The van der Waals surface area contributed by atoms with E-state index >= 15 is 0 Å². The van der Waals surface area contributed by atoms with E-state index < -0.39 is 10.0 Å². The minimum Gasteiger partial charge on any atom is -0.359 e. The number of aryl methyl sites for hydroxylation is 1. The third-order valence-corrected chi connectivity index (χ3v) is 6.34. The molecule has 0 amide bonds. The number of hydrogen-bond acceptors (Lipinski definition) is 4. The highest BCUT2D eigenvalue weighted by Crippen LogP contribution is 2.37. The number of halogens is 1. The van der Waals surface area contributed by atoms with E-state index in [4.69, 9.17) is 4.52 Å². The lowest BCUT2D eigenvalue weighted by molar-refractivity contribution is 0.296. The molecule has 2 heterocycles. The Labute approximate surface area is 138 Å². The molecule has 0 aliphatic carbocycles. The molecule has 5 nitrogen and oxygen atoms in total. The minimum atomic E-state index is -3.53. The van der Waals surface area contributed by atoms with Crippen molar-refractivity contribution in [2.45, 2.75) is 37.1 Å². The molecule has 1 aromatic heterocycles. The molecule has 7 heteroatoms. The zero-order valence-corrected chi connectivity index (χ0v) is 14.6. The van der Waals surface area contributed by atoms with Crippen LogP contribution in [0.4, 0.5) is 0 Å². The Morgan fingerprint density at radius 3 is 2.73 bits per heavy atom. The monoisotopic (exact) mass is 384 g/mol. The molecule has 0 radical (unpaired) electrons. The van der Waals surface area contributed by atoms with Crippen molar-refractivity contribution >= 4 is 26.0 Å². The Hall–Kier alpha value is -1.18. The first kappa shape index (κ1) is 15.7. The van der Waals surface area contributed by atoms with Crippen molar-refractivity contribution in [3.63, 3.8) is 0 Å². The van der Waals surface area contributed by atoms with Crippen LogP contribution in [0.15, 0.2) is 44.2 Å². The van der Waals surface area contributed by atoms with Gasteiger partial charge in [0.2, 0.25) is 10.0 Å². The van der Waals surface area contributed by atoms with Crippen molar-refractivity contribution in [1.29, 1.82) is 0 Å². The van der Waals surface area contributed by atoms with Crippen molar-refractivity contribution in [2.75, 3.05) is 6.54 Å². The van der Waals surface area contributed by atoms with Crippen molar-refractivity contribution < 1.29 is 12.9 Å². The standard InChI is InChI=1S/C15H17BrN2O3S/c1-2-12-10-15(21-17-12)14-4-3-9-18(14)22(19,20)13-7-5-11(16)6-8-13/h5-8,10,14H,2-4,9H2,1H3/t14-/m0/s1. The molecule has 3 rings (SSSR count). The molecule has 0 N–H and O–H groups in total. The summed E-state index contributed by atoms with van der Waals surface area (Å²) in [5, 5.41) is 3.98. The molecule has 1 saturated heterocycles. The van der Waals surface area contributed by atoms with E-state index in [0.717, 1.165) is 29.4 Å². The van der Waals surface area contributed by atoms with Gasteiger partial charge in [-0.3, -0.25) is 0 Å². The molecule has 0 unspecified atom stereocenters. The third kappa shape index (κ3) is 2.85. The zero-order valence-electron chi connectivity index (χ0n) is 12.2. The number of benzene rings is 1. The van der Waals surface area contributed by atoms with Crippen LogP contribution in [-0.2, 0) is 16.4 Å². The van der Waals surface area contributed by atoms with Crippen molar-refractivity contribution in [3.05, 3.63) is 46.3 Å². The molecule has 1 aliphatic heterocycles. The smallest absolute Gasteiger partial charge is 0.243 e. The largest absolute Gasteiger partial charge is 0.359 e. The molecule has 22 heavy (non-hydrogen) atoms. The molecule has 2 aromatic rings. The van der Waals surface area contributed by atoms with Gasteiger partial charge in [-0.1, -0.05) is 28.0 Å². The summed E-state index contributed by atoms with van der Waals surface area (Å²) in [6.45, 7) is 2.50. The van der Waals surface area contributed by atoms with E-state index in [-0.39, 0.29) is 6.04 Å². The molecule has 1 atom stereocenters. The minimum absolute atomic E-state index is 0.263. The van der Waals surface area contributed by atoms with Gasteiger partial charge in [-0.25, -0.2) is 8.42 Å². The van der Waals surface area contributed by atoms with Crippen molar-refractivity contribution in [2.24, 2.45) is 0 Å². The van der Waals surface area contributed by atoms with Crippen LogP contribution in [0.5, 0.6) is 0 Å². The van der Waals surface area contributed by atoms with Crippen LogP contribution in [0.1, 0.15) is 37.3 Å². The lowest BCUT2D eigenvalue weighted by Gasteiger charge is -2.22. The molecule has 1 aromatic carbocycles. The van der Waals surface area contributed by atoms with Gasteiger partial charge in [0.25, 0.3) is 0 Å². The third-order valence-electron chi connectivity index (χ3n) is 3.89. The van der Waals surface area contributed by atoms with Gasteiger partial charge in [0, 0.05) is 17.1 Å². The highest BCUT2D eigenvalue weighted by atomic mass is 79.9. The van der Waals surface area contributed by atoms with Crippen LogP contribution < -0.4 is 0 Å². The van der Waals surface area contributed by atoms with Gasteiger partial charge in [-0.05, 0) is 43.5 Å². The molecule has 0 bridgehead atoms. The van der Waals surface area contributed by atoms with Crippen LogP contribution in [0.3, 0.4) is 0 Å². The summed E-state index contributed by atoms with van der Waals surface area (Å²) >= 11 is 3.32. The number of nitrogens with zero attached hydrogens (tertiary/aromatic N) is 2. The SMILES string of the molecule is CCc1cc([C@@H]2CCCN2S(=O)(=O)c2ccc(Br)cc2)on1. The van der Waals surface area contributed by atoms with E-state index in [0.29, 0.717) is 17.2 Å². The second kappa shape index (κ2) is 6.14. The first-order valence-corrected chi connectivity index (χ1v) is 9.48. The normalized spacial score (nSPS) is 19.6. The summed E-state index contributed by atoms with van der Waals surface area (Å²) in [4.78, 5) is 0.304. The van der Waals surface area contributed by atoms with Gasteiger partial charge in [-0.15, -0.1) is 0 Å². The highest BCUT2D eigenvalue weighted by Gasteiger charge is 2.38. The Bertz CT molecular complexity index is 755. The second-order valence-electron chi connectivity index (χ2n) is 5.30. The number of sulfonamides is 1. The van der Waals surface area contributed by atoms with Crippen LogP contribution >= 0.6 is 15.9 Å². The van der Waals surface area contributed by atoms with Gasteiger partial charge >= 0.3 is 0 Å². The molecule has 1 fully saturated rings. The van der Waals surface area contributed by atoms with Gasteiger partial charge in [-0.2, -0.15) is 4.31 Å². The number of hydrogen-bond donors (Lipinski definition) is 0. The maximum Gasteiger partial charge on any atom is 0.243 e. The van der Waals surface area contributed by atoms with Gasteiger partial charge in [0.15, 0.2) is 5.76 Å². The Kier molecular flexibility index (Phi) is 4.38. The lowest BCUT2D eigenvalue weighted by atomic mass is 10.1. The summed E-state index contributed by atoms with van der Waals surface area (Å²) < 4.78 is 33.4. The summed E-state index contributed by atoms with van der Waals surface area (Å²) in [5.41, 5.74) is 0.850. The average Bonchev–Trinajstić information content (AvgIpc) is 3.16. The topological polar surface area (TPSA) is 63.4 Å². The predicted molar refractivity (Wildman–Crippen MR) is 85.9 cm³/mol. The molecular formula is C15H17BrN2O3S. The lowest BCUT2D eigenvalue weighted by Crippen LogP contribution is -2.30. The molecule has 0 saturated carbocycles.